The Morgan fingerprint density at radius 1 is 1.19 bits per heavy atom. The number of nitrogen functional groups attached to an aromatic ring is 1. The van der Waals surface area contributed by atoms with Crippen LogP contribution in [0.25, 0.3) is 28.0 Å². The van der Waals surface area contributed by atoms with Crippen molar-refractivity contribution in [3.05, 3.63) is 64.3 Å². The van der Waals surface area contributed by atoms with Crippen LogP contribution in [0, 0.1) is 6.92 Å². The number of pyridine rings is 1. The molecule has 4 heterocycles. The highest BCUT2D eigenvalue weighted by molar-refractivity contribution is 5.90. The summed E-state index contributed by atoms with van der Waals surface area (Å²) in [6, 6.07) is 13.3. The third kappa shape index (κ3) is 3.55. The standard InChI is InChI=1S/C23H24N6O3/c1-14-10-16(11-17(13-30)25-14)19-20(15-6-3-2-4-7-15)26-22(24)29-21(19)27-28(23(29)31)12-18-8-5-9-32-18/h2-4,6-7,10-11,18,30H,5,8-9,12-13H2,1H3,(H2,24,26)/t18-/m1/s1. The van der Waals surface area contributed by atoms with E-state index in [9.17, 15) is 9.90 Å². The Labute approximate surface area is 184 Å². The summed E-state index contributed by atoms with van der Waals surface area (Å²) in [5.74, 6) is 0.0688. The van der Waals surface area contributed by atoms with Crippen LogP contribution in [0.15, 0.2) is 47.3 Å². The van der Waals surface area contributed by atoms with Crippen LogP contribution in [0.2, 0.25) is 0 Å². The highest BCUT2D eigenvalue weighted by atomic mass is 16.5. The van der Waals surface area contributed by atoms with Gasteiger partial charge in [0.1, 0.15) is 0 Å². The maximum atomic E-state index is 13.2. The number of anilines is 1. The van der Waals surface area contributed by atoms with Gasteiger partial charge in [0.25, 0.3) is 0 Å². The number of aromatic nitrogens is 5. The van der Waals surface area contributed by atoms with Crippen molar-refractivity contribution in [1.82, 2.24) is 24.1 Å². The van der Waals surface area contributed by atoms with Crippen molar-refractivity contribution in [1.29, 1.82) is 0 Å². The molecule has 0 radical (unpaired) electrons. The molecule has 0 amide bonds. The molecule has 32 heavy (non-hydrogen) atoms. The molecule has 1 atom stereocenters. The van der Waals surface area contributed by atoms with Gasteiger partial charge in [-0.05, 0) is 37.5 Å². The molecule has 5 rings (SSSR count). The molecular formula is C23H24N6O3. The van der Waals surface area contributed by atoms with E-state index in [4.69, 9.17) is 10.5 Å². The van der Waals surface area contributed by atoms with Crippen molar-refractivity contribution in [2.75, 3.05) is 12.3 Å². The van der Waals surface area contributed by atoms with Gasteiger partial charge in [0, 0.05) is 17.9 Å². The average molecular weight is 432 g/mol. The average Bonchev–Trinajstić information content (AvgIpc) is 3.42. The van der Waals surface area contributed by atoms with E-state index in [1.807, 2.05) is 43.3 Å². The quantitative estimate of drug-likeness (QED) is 0.496. The van der Waals surface area contributed by atoms with Crippen molar-refractivity contribution in [2.45, 2.75) is 39.0 Å². The summed E-state index contributed by atoms with van der Waals surface area (Å²) in [7, 11) is 0. The number of nitrogens with two attached hydrogens (primary N) is 1. The SMILES string of the molecule is Cc1cc(-c2c(-c3ccccc3)nc(N)n3c(=O)n(C[C@H]4CCCO4)nc23)cc(CO)n1. The molecule has 3 N–H and O–H groups in total. The summed E-state index contributed by atoms with van der Waals surface area (Å²) in [5.41, 5.74) is 10.5. The molecule has 0 aliphatic carbocycles. The number of aryl methyl sites for hydroxylation is 1. The van der Waals surface area contributed by atoms with Gasteiger partial charge in [0.2, 0.25) is 5.95 Å². The van der Waals surface area contributed by atoms with Crippen LogP contribution in [0.3, 0.4) is 0 Å². The molecule has 164 valence electrons. The predicted octanol–water partition coefficient (Wildman–Crippen LogP) is 2.18. The molecular weight excluding hydrogens is 408 g/mol. The Hall–Kier alpha value is -3.56. The number of rotatable bonds is 5. The van der Waals surface area contributed by atoms with E-state index < -0.39 is 0 Å². The van der Waals surface area contributed by atoms with Gasteiger partial charge in [0.15, 0.2) is 5.65 Å². The van der Waals surface area contributed by atoms with Crippen molar-refractivity contribution in [3.63, 3.8) is 0 Å². The number of fused-ring (bicyclic) bond motifs is 1. The minimum atomic E-state index is -0.352. The van der Waals surface area contributed by atoms with Crippen LogP contribution in [0.5, 0.6) is 0 Å². The summed E-state index contributed by atoms with van der Waals surface area (Å²) in [5, 5.41) is 14.4. The molecule has 1 fully saturated rings. The van der Waals surface area contributed by atoms with Crippen molar-refractivity contribution in [3.8, 4) is 22.4 Å². The van der Waals surface area contributed by atoms with Crippen LogP contribution >= 0.6 is 0 Å². The number of nitrogens with zero attached hydrogens (tertiary/aromatic N) is 5. The molecule has 1 saturated heterocycles. The summed E-state index contributed by atoms with van der Waals surface area (Å²) >= 11 is 0. The zero-order chi connectivity index (χ0) is 22.2. The van der Waals surface area contributed by atoms with Gasteiger partial charge in [-0.2, -0.15) is 0 Å². The third-order valence-corrected chi connectivity index (χ3v) is 5.66. The van der Waals surface area contributed by atoms with E-state index in [1.165, 1.54) is 9.08 Å². The summed E-state index contributed by atoms with van der Waals surface area (Å²) in [6.45, 7) is 2.71. The molecule has 1 aliphatic heterocycles. The molecule has 0 spiro atoms. The van der Waals surface area contributed by atoms with Gasteiger partial charge >= 0.3 is 5.69 Å². The number of ether oxygens (including phenoxy) is 1. The Morgan fingerprint density at radius 2 is 2.00 bits per heavy atom. The molecule has 1 aliphatic rings. The van der Waals surface area contributed by atoms with Crippen LogP contribution in [0.1, 0.15) is 24.2 Å². The monoisotopic (exact) mass is 432 g/mol. The molecule has 0 bridgehead atoms. The van der Waals surface area contributed by atoms with E-state index in [1.54, 1.807) is 6.07 Å². The molecule has 9 heteroatoms. The lowest BCUT2D eigenvalue weighted by molar-refractivity contribution is 0.0931. The maximum Gasteiger partial charge on any atom is 0.353 e. The first kappa shape index (κ1) is 20.3. The smallest absolute Gasteiger partial charge is 0.353 e. The van der Waals surface area contributed by atoms with E-state index in [0.717, 1.165) is 29.7 Å². The Balaban J connectivity index is 1.81. The molecule has 1 aromatic carbocycles. The molecule has 0 unspecified atom stereocenters. The lowest BCUT2D eigenvalue weighted by Gasteiger charge is -2.13. The topological polar surface area (TPSA) is 121 Å². The minimum absolute atomic E-state index is 0.0481. The fraction of sp³-hybridized carbons (Fsp3) is 0.304. The molecule has 9 nitrogen and oxygen atoms in total. The number of aliphatic hydroxyl groups excluding tert-OH is 1. The van der Waals surface area contributed by atoms with Gasteiger partial charge in [-0.15, -0.1) is 5.10 Å². The van der Waals surface area contributed by atoms with Crippen LogP contribution in [0.4, 0.5) is 5.95 Å². The number of hydrogen-bond acceptors (Lipinski definition) is 7. The van der Waals surface area contributed by atoms with Gasteiger partial charge in [-0.1, -0.05) is 30.3 Å². The minimum Gasteiger partial charge on any atom is -0.390 e. The fourth-order valence-electron chi connectivity index (χ4n) is 4.24. The fourth-order valence-corrected chi connectivity index (χ4v) is 4.24. The third-order valence-electron chi connectivity index (χ3n) is 5.66. The second-order valence-electron chi connectivity index (χ2n) is 7.97. The summed E-state index contributed by atoms with van der Waals surface area (Å²) in [4.78, 5) is 22.2. The largest absolute Gasteiger partial charge is 0.390 e. The number of benzene rings is 1. The highest BCUT2D eigenvalue weighted by Crippen LogP contribution is 2.35. The molecule has 4 aromatic rings. The van der Waals surface area contributed by atoms with E-state index in [-0.39, 0.29) is 24.3 Å². The second-order valence-corrected chi connectivity index (χ2v) is 7.97. The van der Waals surface area contributed by atoms with Gasteiger partial charge in [-0.25, -0.2) is 18.9 Å². The predicted molar refractivity (Wildman–Crippen MR) is 120 cm³/mol. The zero-order valence-corrected chi connectivity index (χ0v) is 17.7. The van der Waals surface area contributed by atoms with Gasteiger partial charge in [0.05, 0.1) is 36.2 Å². The van der Waals surface area contributed by atoms with Crippen molar-refractivity contribution in [2.24, 2.45) is 0 Å². The van der Waals surface area contributed by atoms with E-state index in [0.29, 0.717) is 35.8 Å². The molecule has 3 aromatic heterocycles. The lowest BCUT2D eigenvalue weighted by atomic mass is 9.99. The first-order valence-corrected chi connectivity index (χ1v) is 10.6. The highest BCUT2D eigenvalue weighted by Gasteiger charge is 2.24. The molecule has 0 saturated carbocycles. The van der Waals surface area contributed by atoms with Crippen LogP contribution in [-0.4, -0.2) is 42.0 Å². The normalized spacial score (nSPS) is 16.1. The van der Waals surface area contributed by atoms with Crippen LogP contribution in [-0.2, 0) is 17.9 Å². The summed E-state index contributed by atoms with van der Waals surface area (Å²) < 4.78 is 8.44. The maximum absolute atomic E-state index is 13.2. The zero-order valence-electron chi connectivity index (χ0n) is 17.7. The Bertz CT molecular complexity index is 1340. The first-order valence-electron chi connectivity index (χ1n) is 10.6. The Morgan fingerprint density at radius 3 is 2.72 bits per heavy atom. The van der Waals surface area contributed by atoms with E-state index >= 15 is 0 Å². The first-order chi connectivity index (χ1) is 15.5. The lowest BCUT2D eigenvalue weighted by Crippen LogP contribution is -2.28. The van der Waals surface area contributed by atoms with E-state index in [2.05, 4.69) is 15.1 Å². The van der Waals surface area contributed by atoms with Gasteiger partial charge < -0.3 is 15.6 Å². The number of aliphatic hydroxyl groups is 1. The van der Waals surface area contributed by atoms with Crippen molar-refractivity contribution < 1.29 is 9.84 Å². The van der Waals surface area contributed by atoms with Crippen LogP contribution < -0.4 is 11.4 Å². The van der Waals surface area contributed by atoms with Crippen molar-refractivity contribution >= 4 is 11.6 Å². The Kier molecular flexibility index (Phi) is 5.20. The number of hydrogen-bond donors (Lipinski definition) is 2. The van der Waals surface area contributed by atoms with Gasteiger partial charge in [-0.3, -0.25) is 4.98 Å². The summed E-state index contributed by atoms with van der Waals surface area (Å²) in [6.07, 6.45) is 1.81. The second kappa shape index (κ2) is 8.18.